The Bertz CT molecular complexity index is 895. The van der Waals surface area contributed by atoms with Gasteiger partial charge in [-0.3, -0.25) is 4.79 Å². The molecule has 0 heterocycles. The number of halogens is 3. The Labute approximate surface area is 186 Å². The van der Waals surface area contributed by atoms with E-state index in [0.717, 1.165) is 24.2 Å². The van der Waals surface area contributed by atoms with E-state index in [2.05, 4.69) is 20.9 Å². The summed E-state index contributed by atoms with van der Waals surface area (Å²) < 4.78 is 38.1. The summed E-state index contributed by atoms with van der Waals surface area (Å²) in [6.45, 7) is 4.56. The maximum Gasteiger partial charge on any atom is 0.416 e. The second-order valence-electron chi connectivity index (χ2n) is 7.50. The molecule has 0 aliphatic carbocycles. The second kappa shape index (κ2) is 12.1. The van der Waals surface area contributed by atoms with Gasteiger partial charge in [0.15, 0.2) is 5.96 Å². The molecular weight excluding hydrogens is 419 g/mol. The highest BCUT2D eigenvalue weighted by Crippen LogP contribution is 2.29. The number of hydrogen-bond donors (Lipinski definition) is 3. The number of carbonyl (C=O) groups is 1. The van der Waals surface area contributed by atoms with Crippen LogP contribution in [0, 0.1) is 0 Å². The maximum atomic E-state index is 12.7. The van der Waals surface area contributed by atoms with Crippen LogP contribution in [-0.2, 0) is 19.3 Å². The van der Waals surface area contributed by atoms with Gasteiger partial charge in [-0.15, -0.1) is 0 Å². The SMILES string of the molecule is CCNC(=NCc1cccc(C(=O)NCCN(C)C)c1)NCc1ccc(C(F)(F)F)cc1. The van der Waals surface area contributed by atoms with Crippen molar-refractivity contribution in [2.75, 3.05) is 33.7 Å². The van der Waals surface area contributed by atoms with E-state index in [0.29, 0.717) is 43.3 Å². The van der Waals surface area contributed by atoms with Gasteiger partial charge >= 0.3 is 6.18 Å². The van der Waals surface area contributed by atoms with E-state index >= 15 is 0 Å². The minimum atomic E-state index is -4.35. The monoisotopic (exact) mass is 449 g/mol. The molecule has 3 N–H and O–H groups in total. The first-order valence-corrected chi connectivity index (χ1v) is 10.4. The first kappa shape index (κ1) is 25.2. The third kappa shape index (κ3) is 8.58. The molecule has 6 nitrogen and oxygen atoms in total. The number of guanidine groups is 1. The van der Waals surface area contributed by atoms with Crippen LogP contribution >= 0.6 is 0 Å². The van der Waals surface area contributed by atoms with Gasteiger partial charge in [-0.05, 0) is 56.4 Å². The number of nitrogens with one attached hydrogen (secondary N) is 3. The van der Waals surface area contributed by atoms with Crippen LogP contribution in [0.4, 0.5) is 13.2 Å². The van der Waals surface area contributed by atoms with Crippen LogP contribution in [0.3, 0.4) is 0 Å². The van der Waals surface area contributed by atoms with E-state index in [1.54, 1.807) is 12.1 Å². The average molecular weight is 450 g/mol. The summed E-state index contributed by atoms with van der Waals surface area (Å²) in [6.07, 6.45) is -4.35. The van der Waals surface area contributed by atoms with E-state index in [-0.39, 0.29) is 5.91 Å². The molecule has 0 unspecified atom stereocenters. The van der Waals surface area contributed by atoms with Crippen LogP contribution in [0.15, 0.2) is 53.5 Å². The van der Waals surface area contributed by atoms with Crippen LogP contribution in [0.25, 0.3) is 0 Å². The van der Waals surface area contributed by atoms with Crippen molar-refractivity contribution in [3.05, 3.63) is 70.8 Å². The minimum absolute atomic E-state index is 0.134. The molecule has 0 fully saturated rings. The number of benzene rings is 2. The van der Waals surface area contributed by atoms with E-state index in [1.165, 1.54) is 12.1 Å². The number of alkyl halides is 3. The lowest BCUT2D eigenvalue weighted by molar-refractivity contribution is -0.137. The van der Waals surface area contributed by atoms with Crippen molar-refractivity contribution < 1.29 is 18.0 Å². The van der Waals surface area contributed by atoms with Crippen molar-refractivity contribution in [3.8, 4) is 0 Å². The predicted octanol–water partition coefficient (Wildman–Crippen LogP) is 3.25. The van der Waals surface area contributed by atoms with Crippen molar-refractivity contribution in [2.45, 2.75) is 26.2 Å². The average Bonchev–Trinajstić information content (AvgIpc) is 2.75. The van der Waals surface area contributed by atoms with E-state index in [1.807, 2.05) is 38.1 Å². The highest BCUT2D eigenvalue weighted by molar-refractivity contribution is 5.94. The van der Waals surface area contributed by atoms with Gasteiger partial charge in [0.1, 0.15) is 0 Å². The third-order valence-electron chi connectivity index (χ3n) is 4.54. The minimum Gasteiger partial charge on any atom is -0.357 e. The largest absolute Gasteiger partial charge is 0.416 e. The molecule has 0 saturated carbocycles. The van der Waals surface area contributed by atoms with Crippen molar-refractivity contribution in [1.29, 1.82) is 0 Å². The molecule has 0 aliphatic rings. The van der Waals surface area contributed by atoms with Crippen LogP contribution in [-0.4, -0.2) is 50.5 Å². The fourth-order valence-electron chi connectivity index (χ4n) is 2.82. The molecular formula is C23H30F3N5O. The molecule has 32 heavy (non-hydrogen) atoms. The topological polar surface area (TPSA) is 68.8 Å². The zero-order valence-corrected chi connectivity index (χ0v) is 18.6. The van der Waals surface area contributed by atoms with Gasteiger partial charge in [0.2, 0.25) is 0 Å². The number of rotatable bonds is 9. The van der Waals surface area contributed by atoms with Crippen molar-refractivity contribution >= 4 is 11.9 Å². The molecule has 0 bridgehead atoms. The Hall–Kier alpha value is -3.07. The normalized spacial score (nSPS) is 12.0. The molecule has 0 aromatic heterocycles. The maximum absolute atomic E-state index is 12.7. The Morgan fingerprint density at radius 1 is 1.00 bits per heavy atom. The summed E-state index contributed by atoms with van der Waals surface area (Å²) in [4.78, 5) is 18.8. The van der Waals surface area contributed by atoms with Gasteiger partial charge in [0.05, 0.1) is 12.1 Å². The molecule has 2 aromatic rings. The predicted molar refractivity (Wildman–Crippen MR) is 120 cm³/mol. The second-order valence-corrected chi connectivity index (χ2v) is 7.50. The Morgan fingerprint density at radius 3 is 2.34 bits per heavy atom. The lowest BCUT2D eigenvalue weighted by atomic mass is 10.1. The first-order chi connectivity index (χ1) is 15.2. The van der Waals surface area contributed by atoms with E-state index in [4.69, 9.17) is 0 Å². The highest BCUT2D eigenvalue weighted by atomic mass is 19.4. The molecule has 9 heteroatoms. The number of aliphatic imine (C=N–C) groups is 1. The molecule has 2 rings (SSSR count). The summed E-state index contributed by atoms with van der Waals surface area (Å²) in [7, 11) is 3.89. The molecule has 0 aliphatic heterocycles. The van der Waals surface area contributed by atoms with Crippen molar-refractivity contribution in [1.82, 2.24) is 20.9 Å². The van der Waals surface area contributed by atoms with Gasteiger partial charge in [0.25, 0.3) is 5.91 Å². The number of carbonyl (C=O) groups excluding carboxylic acids is 1. The molecule has 0 spiro atoms. The molecule has 2 aromatic carbocycles. The molecule has 174 valence electrons. The molecule has 0 radical (unpaired) electrons. The Morgan fingerprint density at radius 2 is 1.72 bits per heavy atom. The first-order valence-electron chi connectivity index (χ1n) is 10.4. The smallest absolute Gasteiger partial charge is 0.357 e. The fraction of sp³-hybridized carbons (Fsp3) is 0.391. The van der Waals surface area contributed by atoms with Gasteiger partial charge < -0.3 is 20.9 Å². The summed E-state index contributed by atoms with van der Waals surface area (Å²) in [5, 5.41) is 9.11. The van der Waals surface area contributed by atoms with Gasteiger partial charge in [-0.25, -0.2) is 4.99 Å². The number of amides is 1. The van der Waals surface area contributed by atoms with E-state index < -0.39 is 11.7 Å². The molecule has 1 amide bonds. The molecule has 0 saturated heterocycles. The summed E-state index contributed by atoms with van der Waals surface area (Å²) in [6, 6.07) is 12.3. The lowest BCUT2D eigenvalue weighted by Gasteiger charge is -2.13. The van der Waals surface area contributed by atoms with Crippen LogP contribution in [0.5, 0.6) is 0 Å². The van der Waals surface area contributed by atoms with E-state index in [9.17, 15) is 18.0 Å². The summed E-state index contributed by atoms with van der Waals surface area (Å²) >= 11 is 0. The zero-order valence-electron chi connectivity index (χ0n) is 18.6. The van der Waals surface area contributed by atoms with Crippen LogP contribution in [0.2, 0.25) is 0 Å². The van der Waals surface area contributed by atoms with Crippen LogP contribution in [0.1, 0.15) is 34.0 Å². The van der Waals surface area contributed by atoms with Gasteiger partial charge in [-0.2, -0.15) is 13.2 Å². The highest BCUT2D eigenvalue weighted by Gasteiger charge is 2.29. The third-order valence-corrected chi connectivity index (χ3v) is 4.54. The van der Waals surface area contributed by atoms with Crippen molar-refractivity contribution in [3.63, 3.8) is 0 Å². The zero-order chi connectivity index (χ0) is 23.6. The number of hydrogen-bond acceptors (Lipinski definition) is 3. The number of likely N-dealkylation sites (N-methyl/N-ethyl adjacent to an activating group) is 1. The standard InChI is InChI=1S/C23H30F3N5O/c1-4-27-22(29-15-17-8-10-20(11-9-17)23(24,25)26)30-16-18-6-5-7-19(14-18)21(32)28-12-13-31(2)3/h5-11,14H,4,12-13,15-16H2,1-3H3,(H,28,32)(H2,27,29,30). The lowest BCUT2D eigenvalue weighted by Crippen LogP contribution is -2.36. The number of nitrogens with zero attached hydrogens (tertiary/aromatic N) is 2. The fourth-order valence-corrected chi connectivity index (χ4v) is 2.82. The van der Waals surface area contributed by atoms with Crippen LogP contribution < -0.4 is 16.0 Å². The Kier molecular flexibility index (Phi) is 9.52. The van der Waals surface area contributed by atoms with Crippen molar-refractivity contribution in [2.24, 2.45) is 4.99 Å². The molecule has 0 atom stereocenters. The quantitative estimate of drug-likeness (QED) is 0.406. The Balaban J connectivity index is 1.97. The van der Waals surface area contributed by atoms with Gasteiger partial charge in [-0.1, -0.05) is 24.3 Å². The summed E-state index contributed by atoms with van der Waals surface area (Å²) in [5.74, 6) is 0.401. The summed E-state index contributed by atoms with van der Waals surface area (Å²) in [5.41, 5.74) is 1.48. The van der Waals surface area contributed by atoms with Gasteiger partial charge in [0, 0.05) is 31.7 Å².